The Morgan fingerprint density at radius 2 is 2.19 bits per heavy atom. The first-order valence-electron chi connectivity index (χ1n) is 9.79. The summed E-state index contributed by atoms with van der Waals surface area (Å²) in [7, 11) is 0. The summed E-state index contributed by atoms with van der Waals surface area (Å²) in [6.07, 6.45) is 6.48. The minimum absolute atomic E-state index is 0.0601. The van der Waals surface area contributed by atoms with Gasteiger partial charge in [-0.2, -0.15) is 11.3 Å². The molecular weight excluding hydrogens is 366 g/mol. The third-order valence-corrected chi connectivity index (χ3v) is 5.86. The van der Waals surface area contributed by atoms with Gasteiger partial charge in [0.2, 0.25) is 6.29 Å². The van der Waals surface area contributed by atoms with Crippen LogP contribution in [-0.2, 0) is 14.3 Å². The molecule has 1 fully saturated rings. The number of carbonyl (C=O) groups is 1. The van der Waals surface area contributed by atoms with E-state index in [4.69, 9.17) is 14.6 Å². The Bertz CT molecular complexity index is 618. The fourth-order valence-corrected chi connectivity index (χ4v) is 4.31. The summed E-state index contributed by atoms with van der Waals surface area (Å²) in [5.41, 5.74) is 1.15. The van der Waals surface area contributed by atoms with Gasteiger partial charge >= 0.3 is 0 Å². The summed E-state index contributed by atoms with van der Waals surface area (Å²) in [5.74, 6) is 0.0390. The van der Waals surface area contributed by atoms with Crippen LogP contribution in [0.25, 0.3) is 0 Å². The van der Waals surface area contributed by atoms with Gasteiger partial charge in [-0.25, -0.2) is 0 Å². The smallest absolute Gasteiger partial charge is 0.286 e. The highest BCUT2D eigenvalue weighted by Crippen LogP contribution is 2.33. The zero-order valence-electron chi connectivity index (χ0n) is 15.5. The van der Waals surface area contributed by atoms with Crippen LogP contribution < -0.4 is 5.32 Å². The Kier molecular flexibility index (Phi) is 7.70. The Morgan fingerprint density at radius 3 is 2.93 bits per heavy atom. The largest absolute Gasteiger partial charge is 0.459 e. The molecule has 2 aliphatic rings. The summed E-state index contributed by atoms with van der Waals surface area (Å²) in [5, 5.41) is 26.0. The van der Waals surface area contributed by atoms with Crippen LogP contribution in [-0.4, -0.2) is 47.8 Å². The third-order valence-electron chi connectivity index (χ3n) is 5.15. The second kappa shape index (κ2) is 10.2. The topological polar surface area (TPSA) is 88.0 Å². The summed E-state index contributed by atoms with van der Waals surface area (Å²) in [6.45, 7) is 0.626. The number of carbonyl (C=O) groups excluding carboxylic acids is 1. The summed E-state index contributed by atoms with van der Waals surface area (Å²) in [6, 6.07) is 1.83. The summed E-state index contributed by atoms with van der Waals surface area (Å²) >= 11 is 1.63. The highest BCUT2D eigenvalue weighted by molar-refractivity contribution is 7.08. The minimum Gasteiger partial charge on any atom is -0.459 e. The van der Waals surface area contributed by atoms with Gasteiger partial charge in [0.25, 0.3) is 5.91 Å². The first kappa shape index (κ1) is 20.3. The van der Waals surface area contributed by atoms with E-state index in [0.29, 0.717) is 19.4 Å². The number of nitrogens with one attached hydrogen (secondary N) is 1. The van der Waals surface area contributed by atoms with Crippen molar-refractivity contribution in [1.29, 1.82) is 0 Å². The molecule has 1 aliphatic heterocycles. The van der Waals surface area contributed by atoms with Crippen molar-refractivity contribution in [1.82, 2.24) is 5.32 Å². The molecule has 0 radical (unpaired) electrons. The molecule has 3 N–H and O–H groups in total. The normalized spacial score (nSPS) is 28.3. The van der Waals surface area contributed by atoms with E-state index in [1.807, 2.05) is 11.5 Å². The van der Waals surface area contributed by atoms with Gasteiger partial charge < -0.3 is 25.0 Å². The van der Waals surface area contributed by atoms with Gasteiger partial charge in [-0.15, -0.1) is 0 Å². The zero-order valence-corrected chi connectivity index (χ0v) is 16.3. The number of amides is 1. The Balaban J connectivity index is 1.65. The molecule has 0 spiro atoms. The number of thiophene rings is 1. The molecule has 1 aromatic rings. The molecule has 0 saturated heterocycles. The number of rotatable bonds is 8. The van der Waals surface area contributed by atoms with Gasteiger partial charge in [0, 0.05) is 18.9 Å². The van der Waals surface area contributed by atoms with E-state index >= 15 is 0 Å². The lowest BCUT2D eigenvalue weighted by atomic mass is 9.92. The second-order valence-electron chi connectivity index (χ2n) is 7.21. The van der Waals surface area contributed by atoms with Gasteiger partial charge in [-0.05, 0) is 54.1 Å². The molecule has 1 aromatic heterocycles. The molecule has 3 rings (SSSR count). The van der Waals surface area contributed by atoms with E-state index in [2.05, 4.69) is 16.8 Å². The van der Waals surface area contributed by atoms with Crippen molar-refractivity contribution in [3.05, 3.63) is 34.2 Å². The number of ether oxygens (including phenoxy) is 2. The lowest BCUT2D eigenvalue weighted by Gasteiger charge is -2.32. The standard InChI is InChI=1S/C20H29NO5S/c22-8-3-4-9-25-19-12-15(14-7-10-27-13-14)11-18(26-19)20(24)21-16-5-1-2-6-17(16)23/h7,10-11,13,15-17,19,22-23H,1-6,8-9,12H2,(H,21,24)/t15-,16-,17-,19+/m0/s1. The highest BCUT2D eigenvalue weighted by Gasteiger charge is 2.31. The van der Waals surface area contributed by atoms with E-state index in [1.165, 1.54) is 0 Å². The van der Waals surface area contributed by atoms with Crippen molar-refractivity contribution < 1.29 is 24.5 Å². The van der Waals surface area contributed by atoms with Gasteiger partial charge in [0.15, 0.2) is 5.76 Å². The maximum absolute atomic E-state index is 12.7. The van der Waals surface area contributed by atoms with Crippen molar-refractivity contribution in [2.75, 3.05) is 13.2 Å². The number of aliphatic hydroxyl groups excluding tert-OH is 2. The Morgan fingerprint density at radius 1 is 1.33 bits per heavy atom. The fourth-order valence-electron chi connectivity index (χ4n) is 3.58. The van der Waals surface area contributed by atoms with Crippen molar-refractivity contribution in [2.45, 2.75) is 69.3 Å². The van der Waals surface area contributed by atoms with E-state index in [1.54, 1.807) is 11.3 Å². The quantitative estimate of drug-likeness (QED) is 0.589. The fraction of sp³-hybridized carbons (Fsp3) is 0.650. The highest BCUT2D eigenvalue weighted by atomic mass is 32.1. The predicted octanol–water partition coefficient (Wildman–Crippen LogP) is 2.67. The number of hydrogen-bond acceptors (Lipinski definition) is 6. The lowest BCUT2D eigenvalue weighted by molar-refractivity contribution is -0.147. The molecule has 0 unspecified atom stereocenters. The van der Waals surface area contributed by atoms with Crippen LogP contribution in [0.2, 0.25) is 0 Å². The van der Waals surface area contributed by atoms with Crippen LogP contribution in [0.4, 0.5) is 0 Å². The Hall–Kier alpha value is -1.41. The molecule has 6 nitrogen and oxygen atoms in total. The third kappa shape index (κ3) is 5.78. The van der Waals surface area contributed by atoms with Crippen molar-refractivity contribution in [3.63, 3.8) is 0 Å². The van der Waals surface area contributed by atoms with Crippen molar-refractivity contribution in [2.24, 2.45) is 0 Å². The van der Waals surface area contributed by atoms with Crippen LogP contribution in [0, 0.1) is 0 Å². The number of aliphatic hydroxyl groups is 2. The minimum atomic E-state index is -0.495. The van der Waals surface area contributed by atoms with Crippen LogP contribution in [0.15, 0.2) is 28.7 Å². The summed E-state index contributed by atoms with van der Waals surface area (Å²) < 4.78 is 11.6. The van der Waals surface area contributed by atoms with Crippen LogP contribution in [0.5, 0.6) is 0 Å². The molecule has 1 amide bonds. The molecule has 4 atom stereocenters. The average Bonchev–Trinajstić information content (AvgIpc) is 3.22. The van der Waals surface area contributed by atoms with Gasteiger partial charge in [0.1, 0.15) is 0 Å². The molecule has 1 saturated carbocycles. The van der Waals surface area contributed by atoms with Crippen LogP contribution >= 0.6 is 11.3 Å². The SMILES string of the molecule is O=C(N[C@H]1CCCC[C@@H]1O)C1=C[C@H](c2ccsc2)C[C@H](OCCCCO)O1. The maximum Gasteiger partial charge on any atom is 0.286 e. The lowest BCUT2D eigenvalue weighted by Crippen LogP contribution is -2.46. The Labute approximate surface area is 164 Å². The number of unbranched alkanes of at least 4 members (excludes halogenated alkanes) is 1. The summed E-state index contributed by atoms with van der Waals surface area (Å²) in [4.78, 5) is 12.7. The molecular formula is C20H29NO5S. The maximum atomic E-state index is 12.7. The van der Waals surface area contributed by atoms with Crippen molar-refractivity contribution in [3.8, 4) is 0 Å². The van der Waals surface area contributed by atoms with Gasteiger partial charge in [-0.3, -0.25) is 4.79 Å². The van der Waals surface area contributed by atoms with Crippen molar-refractivity contribution >= 4 is 17.2 Å². The van der Waals surface area contributed by atoms with Crippen LogP contribution in [0.1, 0.15) is 56.4 Å². The van der Waals surface area contributed by atoms with E-state index in [-0.39, 0.29) is 30.2 Å². The molecule has 2 heterocycles. The van der Waals surface area contributed by atoms with E-state index < -0.39 is 12.4 Å². The van der Waals surface area contributed by atoms with Gasteiger partial charge in [-0.1, -0.05) is 12.8 Å². The zero-order chi connectivity index (χ0) is 19.1. The number of allylic oxidation sites excluding steroid dienone is 1. The molecule has 27 heavy (non-hydrogen) atoms. The molecule has 7 heteroatoms. The van der Waals surface area contributed by atoms with Gasteiger partial charge in [0.05, 0.1) is 18.8 Å². The molecule has 150 valence electrons. The predicted molar refractivity (Wildman–Crippen MR) is 103 cm³/mol. The average molecular weight is 396 g/mol. The van der Waals surface area contributed by atoms with E-state index in [9.17, 15) is 9.90 Å². The van der Waals surface area contributed by atoms with E-state index in [0.717, 1.165) is 37.7 Å². The molecule has 0 aromatic carbocycles. The number of hydrogen-bond donors (Lipinski definition) is 3. The molecule has 1 aliphatic carbocycles. The monoisotopic (exact) mass is 395 g/mol. The first-order chi connectivity index (χ1) is 13.2. The van der Waals surface area contributed by atoms with Crippen LogP contribution in [0.3, 0.4) is 0 Å². The second-order valence-corrected chi connectivity index (χ2v) is 7.99. The molecule has 0 bridgehead atoms. The first-order valence-corrected chi connectivity index (χ1v) is 10.7.